The predicted molar refractivity (Wildman–Crippen MR) is 70.4 cm³/mol. The fourth-order valence-corrected chi connectivity index (χ4v) is 5.01. The van der Waals surface area contributed by atoms with Crippen LogP contribution in [0.4, 0.5) is 0 Å². The smallest absolute Gasteiger partial charge is 0.189 e. The number of fused-ring (bicyclic) bond motifs is 2. The summed E-state index contributed by atoms with van der Waals surface area (Å²) in [6.07, 6.45) is -2.14. The third-order valence-corrected chi connectivity index (χ3v) is 6.24. The van der Waals surface area contributed by atoms with Crippen LogP contribution in [0, 0.1) is 5.41 Å². The average Bonchev–Trinajstić information content (AvgIpc) is 3.05. The molecule has 0 aromatic carbocycles. The van der Waals surface area contributed by atoms with Crippen molar-refractivity contribution in [3.8, 4) is 0 Å². The van der Waals surface area contributed by atoms with Crippen molar-refractivity contribution in [3.63, 3.8) is 0 Å². The van der Waals surface area contributed by atoms with E-state index >= 15 is 0 Å². The predicted octanol–water partition coefficient (Wildman–Crippen LogP) is -0.697. The Kier molecular flexibility index (Phi) is 2.36. The number of aliphatic hydroxyl groups excluding tert-OH is 2. The van der Waals surface area contributed by atoms with Gasteiger partial charge in [-0.15, -0.1) is 0 Å². The van der Waals surface area contributed by atoms with Gasteiger partial charge < -0.3 is 24.8 Å². The molecule has 116 valence electrons. The summed E-state index contributed by atoms with van der Waals surface area (Å²) in [5, 5.41) is 32.1. The van der Waals surface area contributed by atoms with Gasteiger partial charge in [0.05, 0.1) is 12.2 Å². The molecule has 4 rings (SSSR count). The molecule has 2 heterocycles. The van der Waals surface area contributed by atoms with E-state index in [0.29, 0.717) is 5.57 Å². The van der Waals surface area contributed by atoms with E-state index in [1.807, 2.05) is 6.92 Å². The van der Waals surface area contributed by atoms with Crippen molar-refractivity contribution in [3.05, 3.63) is 11.6 Å². The molecular formula is C15H20O6. The topological polar surface area (TPSA) is 99.5 Å². The zero-order chi connectivity index (χ0) is 15.4. The molecule has 2 saturated heterocycles. The number of carbonyl (C=O) groups is 1. The number of ketones is 1. The van der Waals surface area contributed by atoms with Gasteiger partial charge in [-0.05, 0) is 31.9 Å². The maximum atomic E-state index is 12.2. The molecule has 21 heavy (non-hydrogen) atoms. The molecule has 2 aliphatic heterocycles. The molecule has 0 unspecified atom stereocenters. The zero-order valence-corrected chi connectivity index (χ0v) is 12.2. The van der Waals surface area contributed by atoms with Crippen molar-refractivity contribution in [2.45, 2.75) is 68.9 Å². The second kappa shape index (κ2) is 3.58. The zero-order valence-electron chi connectivity index (χ0n) is 12.2. The van der Waals surface area contributed by atoms with Gasteiger partial charge in [0.2, 0.25) is 0 Å². The number of carbonyl (C=O) groups excluding carboxylic acids is 1. The summed E-state index contributed by atoms with van der Waals surface area (Å²) >= 11 is 0. The van der Waals surface area contributed by atoms with E-state index in [1.54, 1.807) is 19.9 Å². The lowest BCUT2D eigenvalue weighted by molar-refractivity contribution is -0.268. The molecule has 2 bridgehead atoms. The second-order valence-corrected chi connectivity index (χ2v) is 7.08. The molecule has 6 nitrogen and oxygen atoms in total. The van der Waals surface area contributed by atoms with Crippen LogP contribution in [0.2, 0.25) is 0 Å². The van der Waals surface area contributed by atoms with E-state index < -0.39 is 46.8 Å². The highest BCUT2D eigenvalue weighted by molar-refractivity contribution is 6.00. The van der Waals surface area contributed by atoms with Crippen molar-refractivity contribution >= 4 is 5.78 Å². The summed E-state index contributed by atoms with van der Waals surface area (Å²) in [5.74, 6) is -0.498. The van der Waals surface area contributed by atoms with Crippen molar-refractivity contribution in [1.29, 1.82) is 0 Å². The lowest BCUT2D eigenvalue weighted by Crippen LogP contribution is -2.74. The van der Waals surface area contributed by atoms with Crippen LogP contribution < -0.4 is 0 Å². The summed E-state index contributed by atoms with van der Waals surface area (Å²) in [4.78, 5) is 12.2. The molecule has 0 aromatic rings. The Morgan fingerprint density at radius 2 is 2.00 bits per heavy atom. The minimum atomic E-state index is -1.79. The first kappa shape index (κ1) is 13.8. The summed E-state index contributed by atoms with van der Waals surface area (Å²) in [7, 11) is 0. The van der Waals surface area contributed by atoms with Crippen LogP contribution in [-0.2, 0) is 14.3 Å². The molecule has 0 amide bonds. The molecule has 1 saturated carbocycles. The van der Waals surface area contributed by atoms with Gasteiger partial charge in [0.25, 0.3) is 0 Å². The van der Waals surface area contributed by atoms with Crippen molar-refractivity contribution in [1.82, 2.24) is 0 Å². The highest BCUT2D eigenvalue weighted by Crippen LogP contribution is 2.70. The molecule has 6 heteroatoms. The summed E-state index contributed by atoms with van der Waals surface area (Å²) < 4.78 is 11.6. The lowest BCUT2D eigenvalue weighted by atomic mass is 9.56. The van der Waals surface area contributed by atoms with Gasteiger partial charge in [-0.2, -0.15) is 0 Å². The van der Waals surface area contributed by atoms with Crippen molar-refractivity contribution in [2.24, 2.45) is 5.41 Å². The van der Waals surface area contributed by atoms with E-state index in [1.165, 1.54) is 0 Å². The Morgan fingerprint density at radius 1 is 1.38 bits per heavy atom. The Morgan fingerprint density at radius 3 is 2.57 bits per heavy atom. The molecule has 3 N–H and O–H groups in total. The number of ether oxygens (including phenoxy) is 2. The van der Waals surface area contributed by atoms with Gasteiger partial charge in [-0.3, -0.25) is 4.79 Å². The fraction of sp³-hybridized carbons (Fsp3) is 0.800. The van der Waals surface area contributed by atoms with Gasteiger partial charge >= 0.3 is 0 Å². The van der Waals surface area contributed by atoms with Gasteiger partial charge in [0.1, 0.15) is 29.5 Å². The number of epoxide rings is 1. The van der Waals surface area contributed by atoms with E-state index in [0.717, 1.165) is 0 Å². The van der Waals surface area contributed by atoms with Crippen LogP contribution in [0.5, 0.6) is 0 Å². The minimum Gasteiger partial charge on any atom is -0.390 e. The second-order valence-electron chi connectivity index (χ2n) is 7.08. The lowest BCUT2D eigenvalue weighted by Gasteiger charge is -2.56. The summed E-state index contributed by atoms with van der Waals surface area (Å²) in [6.45, 7) is 5.23. The SMILES string of the molecule is CC1=C[C@H]2O[C@@H]3[C@H](O)C[C@](C)([C@@]2(O)[C@H](O)C1=O)[C@@]31O[C@@H]1C. The Labute approximate surface area is 122 Å². The maximum Gasteiger partial charge on any atom is 0.189 e. The number of aliphatic hydroxyl groups is 3. The van der Waals surface area contributed by atoms with Gasteiger partial charge in [-0.1, -0.05) is 6.92 Å². The summed E-state index contributed by atoms with van der Waals surface area (Å²) in [6, 6.07) is 0. The normalized spacial score (nSPS) is 61.7. The molecule has 0 radical (unpaired) electrons. The highest BCUT2D eigenvalue weighted by Gasteiger charge is 2.85. The van der Waals surface area contributed by atoms with Crippen LogP contribution >= 0.6 is 0 Å². The Bertz CT molecular complexity index is 573. The van der Waals surface area contributed by atoms with Gasteiger partial charge in [0, 0.05) is 5.41 Å². The van der Waals surface area contributed by atoms with Crippen LogP contribution in [0.1, 0.15) is 27.2 Å². The molecular weight excluding hydrogens is 276 g/mol. The van der Waals surface area contributed by atoms with Gasteiger partial charge in [0.15, 0.2) is 5.78 Å². The first-order chi connectivity index (χ1) is 9.70. The molecule has 4 aliphatic rings. The van der Waals surface area contributed by atoms with E-state index in [4.69, 9.17) is 9.47 Å². The molecule has 1 spiro atoms. The fourth-order valence-electron chi connectivity index (χ4n) is 5.01. The largest absolute Gasteiger partial charge is 0.390 e. The first-order valence-corrected chi connectivity index (χ1v) is 7.34. The average molecular weight is 296 g/mol. The molecule has 0 aromatic heterocycles. The van der Waals surface area contributed by atoms with Crippen molar-refractivity contribution in [2.75, 3.05) is 0 Å². The quantitative estimate of drug-likeness (QED) is 0.511. The maximum absolute atomic E-state index is 12.2. The van der Waals surface area contributed by atoms with E-state index in [2.05, 4.69) is 0 Å². The number of Topliss-reactive ketones (excluding diaryl/α,β-unsaturated/α-hetero) is 1. The van der Waals surface area contributed by atoms with Crippen LogP contribution in [0.25, 0.3) is 0 Å². The van der Waals surface area contributed by atoms with Crippen LogP contribution in [-0.4, -0.2) is 62.8 Å². The highest BCUT2D eigenvalue weighted by atomic mass is 16.7. The monoisotopic (exact) mass is 296 g/mol. The number of hydrogen-bond donors (Lipinski definition) is 3. The van der Waals surface area contributed by atoms with E-state index in [-0.39, 0.29) is 12.5 Å². The Hall–Kier alpha value is -0.790. The van der Waals surface area contributed by atoms with Crippen molar-refractivity contribution < 1.29 is 29.6 Å². The van der Waals surface area contributed by atoms with Crippen LogP contribution in [0.3, 0.4) is 0 Å². The summed E-state index contributed by atoms with van der Waals surface area (Å²) in [5.41, 5.74) is -3.20. The standard InChI is InChI=1S/C15H20O6/c1-6-4-9-14(19,11(18)10(6)17)13(3)5-8(16)12(20-9)15(13)7(2)21-15/h4,7-9,11-12,16,18-19H,5H2,1-3H3/t7-,8-,9-,11-,12-,13-,14+,15+/m1/s1. The third-order valence-electron chi connectivity index (χ3n) is 6.24. The minimum absolute atomic E-state index is 0.191. The number of hydrogen-bond acceptors (Lipinski definition) is 6. The molecule has 3 fully saturated rings. The first-order valence-electron chi connectivity index (χ1n) is 7.34. The molecule has 8 atom stereocenters. The molecule has 2 aliphatic carbocycles. The third kappa shape index (κ3) is 1.19. The van der Waals surface area contributed by atoms with Gasteiger partial charge in [-0.25, -0.2) is 0 Å². The van der Waals surface area contributed by atoms with E-state index in [9.17, 15) is 20.1 Å². The Balaban J connectivity index is 1.92. The number of rotatable bonds is 0. The van der Waals surface area contributed by atoms with Crippen LogP contribution in [0.15, 0.2) is 11.6 Å².